The van der Waals surface area contributed by atoms with Crippen LogP contribution >= 0.6 is 23.2 Å². The minimum absolute atomic E-state index is 0.140. The molecule has 0 saturated carbocycles. The molecule has 1 rings (SSSR count). The molecule has 0 amide bonds. The van der Waals surface area contributed by atoms with Crippen molar-refractivity contribution in [2.45, 2.75) is 0 Å². The molecule has 1 aromatic carbocycles. The summed E-state index contributed by atoms with van der Waals surface area (Å²) in [5.41, 5.74) is -0.578. The van der Waals surface area contributed by atoms with Crippen LogP contribution in [0.15, 0.2) is 18.2 Å². The molecule has 5 heteroatoms. The van der Waals surface area contributed by atoms with Gasteiger partial charge < -0.3 is 4.74 Å². The predicted molar refractivity (Wildman–Crippen MR) is 48.0 cm³/mol. The third-order valence-electron chi connectivity index (χ3n) is 1.25. The summed E-state index contributed by atoms with van der Waals surface area (Å²) in [7, 11) is 0. The summed E-state index contributed by atoms with van der Waals surface area (Å²) in [6, 6.07) is 6.15. The molecule has 0 aliphatic heterocycles. The normalized spacial score (nSPS) is 9.00. The molecule has 0 N–H and O–H groups in total. The van der Waals surface area contributed by atoms with Crippen molar-refractivity contribution in [2.75, 3.05) is 0 Å². The summed E-state index contributed by atoms with van der Waals surface area (Å²) in [4.78, 5) is 10.3. The van der Waals surface area contributed by atoms with Gasteiger partial charge in [0, 0.05) is 11.6 Å². The minimum atomic E-state index is -0.966. The summed E-state index contributed by atoms with van der Waals surface area (Å²) in [6.07, 6.45) is 0. The first-order valence-electron chi connectivity index (χ1n) is 3.20. The molecular formula is C8H3Cl2NO2. The molecule has 66 valence electrons. The molecule has 0 fully saturated rings. The third-order valence-corrected chi connectivity index (χ3v) is 1.62. The maximum atomic E-state index is 10.3. The van der Waals surface area contributed by atoms with E-state index >= 15 is 0 Å². The highest BCUT2D eigenvalue weighted by Gasteiger charge is 2.05. The number of halogens is 2. The summed E-state index contributed by atoms with van der Waals surface area (Å²) >= 11 is 10.6. The van der Waals surface area contributed by atoms with Gasteiger partial charge in [0.1, 0.15) is 0 Å². The summed E-state index contributed by atoms with van der Waals surface area (Å²) < 4.78 is 4.53. The maximum absolute atomic E-state index is 10.3. The van der Waals surface area contributed by atoms with Gasteiger partial charge in [-0.2, -0.15) is 5.26 Å². The van der Waals surface area contributed by atoms with Crippen molar-refractivity contribution in [1.82, 2.24) is 0 Å². The highest BCUT2D eigenvalue weighted by molar-refractivity contribution is 6.61. The largest absolute Gasteiger partial charge is 0.413 e. The molecule has 0 unspecified atom stereocenters. The zero-order valence-corrected chi connectivity index (χ0v) is 7.76. The van der Waals surface area contributed by atoms with Gasteiger partial charge in [0.05, 0.1) is 16.7 Å². The molecule has 0 atom stereocenters. The fraction of sp³-hybridized carbons (Fsp3) is 0. The summed E-state index contributed by atoms with van der Waals surface area (Å²) in [6.45, 7) is 0. The Balaban J connectivity index is 3.00. The van der Waals surface area contributed by atoms with E-state index in [4.69, 9.17) is 28.5 Å². The van der Waals surface area contributed by atoms with E-state index in [9.17, 15) is 4.79 Å². The number of hydrogen-bond acceptors (Lipinski definition) is 3. The third kappa shape index (κ3) is 2.62. The van der Waals surface area contributed by atoms with Gasteiger partial charge >= 0.3 is 5.43 Å². The van der Waals surface area contributed by atoms with Gasteiger partial charge in [0.25, 0.3) is 0 Å². The Hall–Kier alpha value is -1.24. The number of benzene rings is 1. The molecule has 3 nitrogen and oxygen atoms in total. The Labute approximate surface area is 84.4 Å². The molecule has 0 aliphatic rings. The van der Waals surface area contributed by atoms with Crippen molar-refractivity contribution >= 4 is 28.6 Å². The summed E-state index contributed by atoms with van der Waals surface area (Å²) in [5, 5.41) is 8.67. The van der Waals surface area contributed by atoms with E-state index in [0.29, 0.717) is 5.56 Å². The van der Waals surface area contributed by atoms with Crippen LogP contribution in [0.5, 0.6) is 5.75 Å². The Morgan fingerprint density at radius 3 is 2.69 bits per heavy atom. The van der Waals surface area contributed by atoms with Gasteiger partial charge in [-0.1, -0.05) is 11.6 Å². The number of nitrogens with zero attached hydrogens (tertiary/aromatic N) is 1. The van der Waals surface area contributed by atoms with Gasteiger partial charge in [-0.05, 0) is 18.2 Å². The molecular weight excluding hydrogens is 213 g/mol. The van der Waals surface area contributed by atoms with Gasteiger partial charge in [0.2, 0.25) is 0 Å². The molecule has 0 aliphatic carbocycles. The Bertz CT molecular complexity index is 384. The molecule has 1 aromatic rings. The standard InChI is InChI=1S/C8H3Cl2NO2/c9-6-3-5(4-11)1-2-7(6)13-8(10)12/h1-3H. The maximum Gasteiger partial charge on any atom is 0.409 e. The highest BCUT2D eigenvalue weighted by atomic mass is 35.5. The predicted octanol–water partition coefficient (Wildman–Crippen LogP) is 2.95. The van der Waals surface area contributed by atoms with Crippen LogP contribution in [0.3, 0.4) is 0 Å². The van der Waals surface area contributed by atoms with Crippen molar-refractivity contribution in [3.8, 4) is 11.8 Å². The van der Waals surface area contributed by atoms with Crippen LogP contribution in [0, 0.1) is 11.3 Å². The van der Waals surface area contributed by atoms with Crippen molar-refractivity contribution in [2.24, 2.45) is 0 Å². The number of carbonyl (C=O) groups excluding carboxylic acids is 1. The minimum Gasteiger partial charge on any atom is -0.413 e. The zero-order valence-electron chi connectivity index (χ0n) is 6.25. The van der Waals surface area contributed by atoms with Gasteiger partial charge in [-0.3, -0.25) is 0 Å². The average Bonchev–Trinajstić information content (AvgIpc) is 2.08. The van der Waals surface area contributed by atoms with Crippen LogP contribution in [0.25, 0.3) is 0 Å². The van der Waals surface area contributed by atoms with Crippen LogP contribution in [-0.2, 0) is 0 Å². The summed E-state index contributed by atoms with van der Waals surface area (Å²) in [5.74, 6) is 0.140. The van der Waals surface area contributed by atoms with Crippen LogP contribution in [-0.4, -0.2) is 5.43 Å². The highest BCUT2D eigenvalue weighted by Crippen LogP contribution is 2.25. The molecule has 0 aromatic heterocycles. The fourth-order valence-electron chi connectivity index (χ4n) is 0.740. The lowest BCUT2D eigenvalue weighted by molar-refractivity contribution is 0.225. The second kappa shape index (κ2) is 4.13. The van der Waals surface area contributed by atoms with Crippen LogP contribution < -0.4 is 4.74 Å². The fourth-order valence-corrected chi connectivity index (χ4v) is 1.04. The molecule has 13 heavy (non-hydrogen) atoms. The molecule has 0 spiro atoms. The number of ether oxygens (including phenoxy) is 1. The Morgan fingerprint density at radius 1 is 1.54 bits per heavy atom. The van der Waals surface area contributed by atoms with E-state index in [1.165, 1.54) is 18.2 Å². The quantitative estimate of drug-likeness (QED) is 0.678. The molecule has 0 radical (unpaired) electrons. The topological polar surface area (TPSA) is 50.1 Å². The first-order valence-corrected chi connectivity index (χ1v) is 3.96. The van der Waals surface area contributed by atoms with E-state index in [-0.39, 0.29) is 10.8 Å². The number of hydrogen-bond donors (Lipinski definition) is 0. The lowest BCUT2D eigenvalue weighted by Gasteiger charge is -2.01. The smallest absolute Gasteiger partial charge is 0.409 e. The van der Waals surface area contributed by atoms with E-state index < -0.39 is 5.43 Å². The molecule has 0 bridgehead atoms. The SMILES string of the molecule is N#Cc1ccc(OC(=O)Cl)c(Cl)c1. The number of nitriles is 1. The van der Waals surface area contributed by atoms with Gasteiger partial charge in [-0.25, -0.2) is 4.79 Å². The van der Waals surface area contributed by atoms with Crippen molar-refractivity contribution in [3.63, 3.8) is 0 Å². The number of carbonyl (C=O) groups is 1. The first-order chi connectivity index (χ1) is 6.13. The lowest BCUT2D eigenvalue weighted by atomic mass is 10.2. The Morgan fingerprint density at radius 2 is 2.23 bits per heavy atom. The van der Waals surface area contributed by atoms with Crippen LogP contribution in [0.1, 0.15) is 5.56 Å². The molecule has 0 saturated heterocycles. The second-order valence-electron chi connectivity index (χ2n) is 2.10. The second-order valence-corrected chi connectivity index (χ2v) is 2.81. The monoisotopic (exact) mass is 215 g/mol. The van der Waals surface area contributed by atoms with Crippen molar-refractivity contribution in [3.05, 3.63) is 28.8 Å². The van der Waals surface area contributed by atoms with Crippen LogP contribution in [0.2, 0.25) is 5.02 Å². The average molecular weight is 216 g/mol. The van der Waals surface area contributed by atoms with Gasteiger partial charge in [-0.15, -0.1) is 0 Å². The van der Waals surface area contributed by atoms with Crippen molar-refractivity contribution in [1.29, 1.82) is 5.26 Å². The van der Waals surface area contributed by atoms with Gasteiger partial charge in [0.15, 0.2) is 5.75 Å². The van der Waals surface area contributed by atoms with E-state index in [1.54, 1.807) is 0 Å². The van der Waals surface area contributed by atoms with Crippen LogP contribution in [0.4, 0.5) is 4.79 Å². The number of rotatable bonds is 1. The van der Waals surface area contributed by atoms with E-state index in [0.717, 1.165) is 0 Å². The zero-order chi connectivity index (χ0) is 9.84. The lowest BCUT2D eigenvalue weighted by Crippen LogP contribution is -1.96. The van der Waals surface area contributed by atoms with Crippen molar-refractivity contribution < 1.29 is 9.53 Å². The van der Waals surface area contributed by atoms with E-state index in [2.05, 4.69) is 4.74 Å². The van der Waals surface area contributed by atoms with E-state index in [1.807, 2.05) is 6.07 Å². The first kappa shape index (κ1) is 9.85. The Kier molecular flexibility index (Phi) is 3.13. The molecule has 0 heterocycles.